The van der Waals surface area contributed by atoms with E-state index in [9.17, 15) is 17.6 Å². The summed E-state index contributed by atoms with van der Waals surface area (Å²) in [7, 11) is 0. The van der Waals surface area contributed by atoms with E-state index in [4.69, 9.17) is 4.74 Å². The fraction of sp³-hybridized carbons (Fsp3) is 0.920. The molecule has 3 rings (SSSR count). The first-order chi connectivity index (χ1) is 14.3. The highest BCUT2D eigenvalue weighted by atomic mass is 19.4. The van der Waals surface area contributed by atoms with Crippen molar-refractivity contribution in [2.75, 3.05) is 6.61 Å². The summed E-state index contributed by atoms with van der Waals surface area (Å²) in [6.45, 7) is 2.70. The van der Waals surface area contributed by atoms with Crippen LogP contribution in [-0.4, -0.2) is 18.9 Å². The van der Waals surface area contributed by atoms with Crippen LogP contribution in [0.15, 0.2) is 11.9 Å². The molecule has 30 heavy (non-hydrogen) atoms. The monoisotopic (exact) mass is 432 g/mol. The second kappa shape index (κ2) is 11.3. The highest BCUT2D eigenvalue weighted by molar-refractivity contribution is 5.04. The van der Waals surface area contributed by atoms with Gasteiger partial charge in [0, 0.05) is 0 Å². The Balaban J connectivity index is 1.31. The van der Waals surface area contributed by atoms with Gasteiger partial charge in [0.1, 0.15) is 11.9 Å². The average Bonchev–Trinajstić information content (AvgIpc) is 2.73. The van der Waals surface area contributed by atoms with E-state index in [2.05, 4.69) is 6.92 Å². The summed E-state index contributed by atoms with van der Waals surface area (Å²) in [5.74, 6) is 2.58. The number of hydrogen-bond acceptors (Lipinski definition) is 1. The van der Waals surface area contributed by atoms with Crippen molar-refractivity contribution in [2.45, 2.75) is 109 Å². The molecule has 2 saturated carbocycles. The van der Waals surface area contributed by atoms with E-state index in [1.165, 1.54) is 77.0 Å². The third-order valence-electron chi connectivity index (χ3n) is 8.12. The molecule has 1 nitrogen and oxygen atoms in total. The average molecular weight is 433 g/mol. The number of allylic oxidation sites excluding steroid dienone is 1. The summed E-state index contributed by atoms with van der Waals surface area (Å²) >= 11 is 0. The van der Waals surface area contributed by atoms with Gasteiger partial charge in [0.15, 0.2) is 0 Å². The van der Waals surface area contributed by atoms with Crippen molar-refractivity contribution in [3.05, 3.63) is 11.9 Å². The Bertz CT molecular complexity index is 520. The lowest BCUT2D eigenvalue weighted by Gasteiger charge is -2.38. The molecule has 0 amide bonds. The molecule has 174 valence electrons. The summed E-state index contributed by atoms with van der Waals surface area (Å²) in [5.41, 5.74) is 0. The Hall–Kier alpha value is -0.580. The van der Waals surface area contributed by atoms with E-state index in [-0.39, 0.29) is 6.08 Å². The summed E-state index contributed by atoms with van der Waals surface area (Å²) < 4.78 is 56.2. The normalized spacial score (nSPS) is 36.6. The summed E-state index contributed by atoms with van der Waals surface area (Å²) in [5, 5.41) is 0. The molecule has 2 atom stereocenters. The fourth-order valence-corrected chi connectivity index (χ4v) is 6.25. The quantitative estimate of drug-likeness (QED) is 0.367. The summed E-state index contributed by atoms with van der Waals surface area (Å²) in [6.07, 6.45) is 11.5. The van der Waals surface area contributed by atoms with Crippen LogP contribution < -0.4 is 0 Å². The molecule has 0 aromatic carbocycles. The zero-order valence-electron chi connectivity index (χ0n) is 18.6. The first-order valence-electron chi connectivity index (χ1n) is 12.4. The molecule has 0 spiro atoms. The van der Waals surface area contributed by atoms with E-state index in [0.29, 0.717) is 24.9 Å². The molecule has 3 aliphatic rings. The topological polar surface area (TPSA) is 9.23 Å². The van der Waals surface area contributed by atoms with Gasteiger partial charge in [-0.3, -0.25) is 0 Å². The fourth-order valence-electron chi connectivity index (χ4n) is 6.25. The SMILES string of the molecule is CCCC1CCC(CCC2CCC(C3CCC(C(F)=CC(F)(F)F)OC3)CC2)CC1. The lowest BCUT2D eigenvalue weighted by atomic mass is 9.71. The van der Waals surface area contributed by atoms with Gasteiger partial charge in [-0.2, -0.15) is 13.2 Å². The predicted octanol–water partition coefficient (Wildman–Crippen LogP) is 8.39. The Kier molecular flexibility index (Phi) is 9.09. The standard InChI is InChI=1S/C25H40F4O/c1-2-3-18-4-6-19(7-5-18)8-9-20-10-12-21(13-11-20)22-14-15-24(30-17-22)23(26)16-25(27,28)29/h16,18-22,24H,2-15,17H2,1H3. The molecule has 0 bridgehead atoms. The van der Waals surface area contributed by atoms with Gasteiger partial charge in [-0.05, 0) is 55.3 Å². The molecule has 3 fully saturated rings. The van der Waals surface area contributed by atoms with E-state index < -0.39 is 18.1 Å². The Labute approximate surface area is 180 Å². The van der Waals surface area contributed by atoms with E-state index in [1.54, 1.807) is 0 Å². The van der Waals surface area contributed by atoms with E-state index in [1.807, 2.05) is 0 Å². The number of ether oxygens (including phenoxy) is 1. The molecule has 0 N–H and O–H groups in total. The van der Waals surface area contributed by atoms with Gasteiger partial charge < -0.3 is 4.74 Å². The van der Waals surface area contributed by atoms with Crippen molar-refractivity contribution in [1.82, 2.24) is 0 Å². The molecular formula is C25H40F4O. The van der Waals surface area contributed by atoms with Crippen LogP contribution in [0.25, 0.3) is 0 Å². The molecular weight excluding hydrogens is 392 g/mol. The van der Waals surface area contributed by atoms with Crippen molar-refractivity contribution in [1.29, 1.82) is 0 Å². The Morgan fingerprint density at radius 1 is 0.767 bits per heavy atom. The van der Waals surface area contributed by atoms with Crippen LogP contribution in [0.5, 0.6) is 0 Å². The van der Waals surface area contributed by atoms with Crippen LogP contribution in [-0.2, 0) is 4.74 Å². The maximum Gasteiger partial charge on any atom is 0.412 e. The molecule has 2 aliphatic carbocycles. The Morgan fingerprint density at radius 3 is 1.73 bits per heavy atom. The van der Waals surface area contributed by atoms with E-state index >= 15 is 0 Å². The van der Waals surface area contributed by atoms with Gasteiger partial charge >= 0.3 is 6.18 Å². The third kappa shape index (κ3) is 7.53. The van der Waals surface area contributed by atoms with Crippen molar-refractivity contribution in [2.24, 2.45) is 29.6 Å². The molecule has 0 radical (unpaired) electrons. The van der Waals surface area contributed by atoms with Crippen LogP contribution in [0, 0.1) is 29.6 Å². The molecule has 5 heteroatoms. The first kappa shape index (κ1) is 24.1. The number of rotatable bonds is 7. The maximum atomic E-state index is 13.7. The molecule has 0 aromatic rings. The van der Waals surface area contributed by atoms with Crippen LogP contribution >= 0.6 is 0 Å². The van der Waals surface area contributed by atoms with E-state index in [0.717, 1.165) is 24.2 Å². The van der Waals surface area contributed by atoms with Crippen LogP contribution in [0.3, 0.4) is 0 Å². The van der Waals surface area contributed by atoms with Crippen molar-refractivity contribution in [3.63, 3.8) is 0 Å². The summed E-state index contributed by atoms with van der Waals surface area (Å²) in [4.78, 5) is 0. The maximum absolute atomic E-state index is 13.7. The highest BCUT2D eigenvalue weighted by Crippen LogP contribution is 2.41. The highest BCUT2D eigenvalue weighted by Gasteiger charge is 2.34. The lowest BCUT2D eigenvalue weighted by Crippen LogP contribution is -2.33. The zero-order valence-corrected chi connectivity index (χ0v) is 18.6. The largest absolute Gasteiger partial charge is 0.412 e. The van der Waals surface area contributed by atoms with Gasteiger partial charge in [-0.25, -0.2) is 4.39 Å². The van der Waals surface area contributed by atoms with Crippen LogP contribution in [0.2, 0.25) is 0 Å². The minimum atomic E-state index is -4.61. The molecule has 1 saturated heterocycles. The molecule has 1 aliphatic heterocycles. The molecule has 0 aromatic heterocycles. The second-order valence-electron chi connectivity index (χ2n) is 10.3. The van der Waals surface area contributed by atoms with Gasteiger partial charge in [-0.1, -0.05) is 71.1 Å². The van der Waals surface area contributed by atoms with Crippen molar-refractivity contribution in [3.8, 4) is 0 Å². The smallest absolute Gasteiger partial charge is 0.371 e. The van der Waals surface area contributed by atoms with Crippen LogP contribution in [0.4, 0.5) is 17.6 Å². The van der Waals surface area contributed by atoms with Gasteiger partial charge in [0.2, 0.25) is 0 Å². The Morgan fingerprint density at radius 2 is 1.27 bits per heavy atom. The number of alkyl halides is 3. The van der Waals surface area contributed by atoms with Crippen molar-refractivity contribution >= 4 is 0 Å². The predicted molar refractivity (Wildman–Crippen MR) is 113 cm³/mol. The number of hydrogen-bond donors (Lipinski definition) is 0. The second-order valence-corrected chi connectivity index (χ2v) is 10.3. The van der Waals surface area contributed by atoms with Crippen LogP contribution in [0.1, 0.15) is 96.8 Å². The van der Waals surface area contributed by atoms with Gasteiger partial charge in [0.25, 0.3) is 0 Å². The lowest BCUT2D eigenvalue weighted by molar-refractivity contribution is -0.0855. The van der Waals surface area contributed by atoms with Gasteiger partial charge in [-0.15, -0.1) is 0 Å². The third-order valence-corrected chi connectivity index (χ3v) is 8.12. The number of halogens is 4. The minimum Gasteiger partial charge on any atom is -0.371 e. The van der Waals surface area contributed by atoms with Crippen molar-refractivity contribution < 1.29 is 22.3 Å². The zero-order chi connectivity index (χ0) is 21.6. The molecule has 2 unspecified atom stereocenters. The van der Waals surface area contributed by atoms with Gasteiger partial charge in [0.05, 0.1) is 12.7 Å². The minimum absolute atomic E-state index is 0.251. The molecule has 1 heterocycles. The first-order valence-corrected chi connectivity index (χ1v) is 12.4. The summed E-state index contributed by atoms with van der Waals surface area (Å²) in [6, 6.07) is 0.